The van der Waals surface area contributed by atoms with E-state index in [1.807, 2.05) is 95.6 Å². The van der Waals surface area contributed by atoms with Crippen LogP contribution in [0.4, 0.5) is 0 Å². The first-order valence-corrected chi connectivity index (χ1v) is 16.1. The maximum Gasteiger partial charge on any atom is 0.238 e. The standard InChI is InChI=1S/C45H26N4O2/c1-3-12-27(13-4-1)30-18-11-21-37-40(30)33-23-22-29(26-39(33)51-37)44-46-43(28-14-5-2-6-15-28)47-45(48-44)49-34-19-9-7-16-31(34)41-35(49)24-25-38-42(41)32-17-8-10-20-36(32)50-38/h1-26H/i1D,3D,4D,11D,12D,13D,18D,21D,22D,23D,26D. The third-order valence-corrected chi connectivity index (χ3v) is 9.08. The first-order valence-electron chi connectivity index (χ1n) is 21.6. The molecular formula is C45H26N4O2. The van der Waals surface area contributed by atoms with Gasteiger partial charge in [-0.3, -0.25) is 4.57 Å². The Kier molecular flexibility index (Phi) is 4.04. The van der Waals surface area contributed by atoms with Gasteiger partial charge in [0.15, 0.2) is 11.6 Å². The number of aromatic nitrogens is 4. The molecule has 0 fully saturated rings. The molecule has 0 N–H and O–H groups in total. The lowest BCUT2D eigenvalue weighted by atomic mass is 9.99. The summed E-state index contributed by atoms with van der Waals surface area (Å²) < 4.78 is 111. The van der Waals surface area contributed by atoms with Crippen LogP contribution in [0, 0.1) is 0 Å². The van der Waals surface area contributed by atoms with Gasteiger partial charge < -0.3 is 8.83 Å². The Labute approximate surface area is 306 Å². The Morgan fingerprint density at radius 2 is 1.22 bits per heavy atom. The fraction of sp³-hybridized carbons (Fsp3) is 0. The van der Waals surface area contributed by atoms with E-state index in [1.54, 1.807) is 0 Å². The van der Waals surface area contributed by atoms with E-state index < -0.39 is 72.0 Å². The third-order valence-electron chi connectivity index (χ3n) is 9.08. The van der Waals surface area contributed by atoms with E-state index >= 15 is 0 Å². The number of hydrogen-bond acceptors (Lipinski definition) is 5. The van der Waals surface area contributed by atoms with Crippen molar-refractivity contribution in [1.82, 2.24) is 19.5 Å². The molecule has 4 aromatic heterocycles. The maximum atomic E-state index is 9.58. The molecule has 0 aliphatic carbocycles. The van der Waals surface area contributed by atoms with Crippen LogP contribution < -0.4 is 0 Å². The van der Waals surface area contributed by atoms with Gasteiger partial charge in [-0.15, -0.1) is 0 Å². The zero-order chi connectivity index (χ0) is 43.0. The van der Waals surface area contributed by atoms with Gasteiger partial charge in [-0.25, -0.2) is 4.98 Å². The molecule has 238 valence electrons. The fourth-order valence-electron chi connectivity index (χ4n) is 6.90. The summed E-state index contributed by atoms with van der Waals surface area (Å²) in [5.41, 5.74) is 1.86. The third kappa shape index (κ3) is 4.20. The van der Waals surface area contributed by atoms with Crippen molar-refractivity contribution in [1.29, 1.82) is 0 Å². The average molecular weight is 666 g/mol. The van der Waals surface area contributed by atoms with Crippen LogP contribution in [0.1, 0.15) is 15.1 Å². The highest BCUT2D eigenvalue weighted by molar-refractivity contribution is 6.27. The van der Waals surface area contributed by atoms with Crippen molar-refractivity contribution in [3.63, 3.8) is 0 Å². The molecule has 6 nitrogen and oxygen atoms in total. The summed E-state index contributed by atoms with van der Waals surface area (Å²) in [7, 11) is 0. The molecule has 0 aliphatic heterocycles. The highest BCUT2D eigenvalue weighted by Crippen LogP contribution is 2.42. The van der Waals surface area contributed by atoms with E-state index in [9.17, 15) is 4.11 Å². The molecule has 0 amide bonds. The predicted octanol–water partition coefficient (Wildman–Crippen LogP) is 11.8. The number of benzene rings is 7. The number of furan rings is 2. The van der Waals surface area contributed by atoms with Gasteiger partial charge in [0.2, 0.25) is 5.95 Å². The molecule has 6 heteroatoms. The van der Waals surface area contributed by atoms with E-state index in [1.165, 1.54) is 0 Å². The van der Waals surface area contributed by atoms with E-state index in [0.717, 1.165) is 38.2 Å². The normalized spacial score (nSPS) is 14.9. The number of para-hydroxylation sites is 2. The SMILES string of the molecule is [2H]c1c([2H])c([2H])c(-c2c([2H])c([2H])c([2H])c3oc4c([2H])c(-c5nc(-c6ccccc6)nc(-n6c7ccccc7c7c8c(ccc76)oc6ccccc68)n5)c([2H])c([2H])c4c23)c([2H])c1[2H]. The van der Waals surface area contributed by atoms with Crippen LogP contribution in [0.5, 0.6) is 0 Å². The molecule has 0 bridgehead atoms. The summed E-state index contributed by atoms with van der Waals surface area (Å²) in [5, 5.41) is 3.22. The summed E-state index contributed by atoms with van der Waals surface area (Å²) in [6.45, 7) is 0. The van der Waals surface area contributed by atoms with Crippen molar-refractivity contribution in [2.24, 2.45) is 0 Å². The van der Waals surface area contributed by atoms with E-state index in [2.05, 4.69) is 0 Å². The molecule has 0 atom stereocenters. The minimum Gasteiger partial charge on any atom is -0.456 e. The minimum absolute atomic E-state index is 0.139. The van der Waals surface area contributed by atoms with Crippen molar-refractivity contribution in [2.75, 3.05) is 0 Å². The second-order valence-electron chi connectivity index (χ2n) is 11.9. The van der Waals surface area contributed by atoms with Crippen molar-refractivity contribution in [3.05, 3.63) is 157 Å². The zero-order valence-electron chi connectivity index (χ0n) is 37.3. The number of rotatable bonds is 4. The van der Waals surface area contributed by atoms with Crippen molar-refractivity contribution < 1.29 is 23.9 Å². The number of hydrogen-bond donors (Lipinski definition) is 0. The topological polar surface area (TPSA) is 69.9 Å². The molecule has 0 radical (unpaired) electrons. The lowest BCUT2D eigenvalue weighted by Crippen LogP contribution is -2.06. The van der Waals surface area contributed by atoms with Gasteiger partial charge in [0.05, 0.1) is 26.1 Å². The van der Waals surface area contributed by atoms with Crippen LogP contribution in [0.2, 0.25) is 0 Å². The van der Waals surface area contributed by atoms with Crippen LogP contribution in [0.25, 0.3) is 106 Å². The fourth-order valence-corrected chi connectivity index (χ4v) is 6.90. The molecular weight excluding hydrogens is 629 g/mol. The van der Waals surface area contributed by atoms with Gasteiger partial charge in [0, 0.05) is 43.4 Å². The summed E-state index contributed by atoms with van der Waals surface area (Å²) in [5.74, 6) is 0.215. The Hall–Kier alpha value is -7.05. The average Bonchev–Trinajstić information content (AvgIpc) is 3.98. The molecule has 51 heavy (non-hydrogen) atoms. The highest BCUT2D eigenvalue weighted by Gasteiger charge is 2.22. The maximum absolute atomic E-state index is 9.58. The van der Waals surface area contributed by atoms with Gasteiger partial charge in [-0.2, -0.15) is 9.97 Å². The van der Waals surface area contributed by atoms with Crippen molar-refractivity contribution >= 4 is 65.7 Å². The first kappa shape index (κ1) is 19.2. The number of fused-ring (bicyclic) bond motifs is 10. The van der Waals surface area contributed by atoms with E-state index in [0.29, 0.717) is 11.1 Å². The smallest absolute Gasteiger partial charge is 0.238 e. The van der Waals surface area contributed by atoms with Crippen molar-refractivity contribution in [3.8, 4) is 39.9 Å². The largest absolute Gasteiger partial charge is 0.456 e. The summed E-state index contributed by atoms with van der Waals surface area (Å²) in [6, 6.07) is 21.7. The predicted molar refractivity (Wildman–Crippen MR) is 205 cm³/mol. The second kappa shape index (κ2) is 10.7. The van der Waals surface area contributed by atoms with Crippen LogP contribution in [-0.2, 0) is 0 Å². The Morgan fingerprint density at radius 1 is 0.451 bits per heavy atom. The lowest BCUT2D eigenvalue weighted by molar-refractivity contribution is 0.669. The van der Waals surface area contributed by atoms with Gasteiger partial charge in [0.25, 0.3) is 0 Å². The zero-order valence-corrected chi connectivity index (χ0v) is 26.3. The Balaban J connectivity index is 1.24. The molecule has 11 rings (SSSR count). The molecule has 0 saturated carbocycles. The molecule has 0 spiro atoms. The van der Waals surface area contributed by atoms with Crippen molar-refractivity contribution in [2.45, 2.75) is 0 Å². The van der Waals surface area contributed by atoms with E-state index in [4.69, 9.17) is 34.8 Å². The monoisotopic (exact) mass is 665 g/mol. The van der Waals surface area contributed by atoms with E-state index in [-0.39, 0.29) is 50.7 Å². The van der Waals surface area contributed by atoms with Crippen LogP contribution in [0.15, 0.2) is 166 Å². The van der Waals surface area contributed by atoms with Crippen LogP contribution in [0.3, 0.4) is 0 Å². The van der Waals surface area contributed by atoms with Crippen LogP contribution in [-0.4, -0.2) is 19.5 Å². The summed E-state index contributed by atoms with van der Waals surface area (Å²) in [4.78, 5) is 14.7. The molecule has 0 aliphatic rings. The first-order chi connectivity index (χ1) is 29.9. The molecule has 0 unspecified atom stereocenters. The summed E-state index contributed by atoms with van der Waals surface area (Å²) in [6.07, 6.45) is 0. The quantitative estimate of drug-likeness (QED) is 0.187. The highest BCUT2D eigenvalue weighted by atomic mass is 16.3. The molecule has 4 heterocycles. The molecule has 11 aromatic rings. The Bertz CT molecular complexity index is 3760. The lowest BCUT2D eigenvalue weighted by Gasteiger charge is -2.11. The summed E-state index contributed by atoms with van der Waals surface area (Å²) >= 11 is 0. The number of nitrogens with zero attached hydrogens (tertiary/aromatic N) is 4. The molecule has 7 aromatic carbocycles. The van der Waals surface area contributed by atoms with Gasteiger partial charge in [-0.05, 0) is 53.5 Å². The Morgan fingerprint density at radius 3 is 2.10 bits per heavy atom. The molecule has 0 saturated heterocycles. The second-order valence-corrected chi connectivity index (χ2v) is 11.9. The van der Waals surface area contributed by atoms with Gasteiger partial charge >= 0.3 is 0 Å². The van der Waals surface area contributed by atoms with Gasteiger partial charge in [0.1, 0.15) is 22.3 Å². The van der Waals surface area contributed by atoms with Gasteiger partial charge in [-0.1, -0.05) is 115 Å². The minimum atomic E-state index is -0.691. The van der Waals surface area contributed by atoms with Crippen LogP contribution >= 0.6 is 0 Å².